The normalized spacial score (nSPS) is 21.7. The van der Waals surface area contributed by atoms with Crippen LogP contribution >= 0.6 is 0 Å². The van der Waals surface area contributed by atoms with E-state index >= 15 is 0 Å². The van der Waals surface area contributed by atoms with Crippen LogP contribution in [-0.4, -0.2) is 46.9 Å². The maximum atomic E-state index is 12.6. The predicted molar refractivity (Wildman–Crippen MR) is 89.0 cm³/mol. The minimum absolute atomic E-state index is 0.113. The monoisotopic (exact) mass is 330 g/mol. The van der Waals surface area contributed by atoms with E-state index in [0.29, 0.717) is 31.5 Å². The van der Waals surface area contributed by atoms with E-state index in [1.54, 1.807) is 29.2 Å². The van der Waals surface area contributed by atoms with Crippen LogP contribution in [0.3, 0.4) is 0 Å². The van der Waals surface area contributed by atoms with E-state index < -0.39 is 12.0 Å². The number of aliphatic carboxylic acids is 1. The number of carbonyl (C=O) groups is 3. The molecule has 128 valence electrons. The summed E-state index contributed by atoms with van der Waals surface area (Å²) >= 11 is 0. The molecule has 2 aliphatic heterocycles. The maximum Gasteiger partial charge on any atom is 0.326 e. The number of likely N-dealkylation sites (tertiary alicyclic amines) is 1. The highest BCUT2D eigenvalue weighted by molar-refractivity contribution is 5.98. The van der Waals surface area contributed by atoms with Gasteiger partial charge in [0.25, 0.3) is 5.91 Å². The number of hydrogen-bond donors (Lipinski definition) is 1. The van der Waals surface area contributed by atoms with E-state index in [0.717, 1.165) is 31.4 Å². The van der Waals surface area contributed by atoms with E-state index in [1.165, 1.54) is 4.90 Å². The third kappa shape index (κ3) is 3.27. The van der Waals surface area contributed by atoms with Crippen molar-refractivity contribution in [3.05, 3.63) is 29.8 Å². The molecular formula is C18H22N2O4. The molecule has 0 bridgehead atoms. The van der Waals surface area contributed by atoms with E-state index in [1.807, 2.05) is 0 Å². The summed E-state index contributed by atoms with van der Waals surface area (Å²) < 4.78 is 0. The first kappa shape index (κ1) is 16.5. The Kier molecular flexibility index (Phi) is 4.83. The van der Waals surface area contributed by atoms with Crippen molar-refractivity contribution < 1.29 is 19.5 Å². The fourth-order valence-electron chi connectivity index (χ4n) is 3.46. The van der Waals surface area contributed by atoms with Crippen LogP contribution in [0.2, 0.25) is 0 Å². The second-order valence-corrected chi connectivity index (χ2v) is 6.40. The minimum Gasteiger partial charge on any atom is -0.480 e. The summed E-state index contributed by atoms with van der Waals surface area (Å²) in [6.45, 7) is 1.18. The Morgan fingerprint density at radius 1 is 1.00 bits per heavy atom. The van der Waals surface area contributed by atoms with Crippen molar-refractivity contribution in [2.45, 2.75) is 44.6 Å². The highest BCUT2D eigenvalue weighted by atomic mass is 16.4. The number of benzene rings is 1. The molecule has 0 saturated carbocycles. The third-order valence-corrected chi connectivity index (χ3v) is 4.80. The van der Waals surface area contributed by atoms with Gasteiger partial charge in [-0.15, -0.1) is 0 Å². The number of hydrogen-bond acceptors (Lipinski definition) is 3. The molecule has 1 aromatic carbocycles. The Labute approximate surface area is 141 Å². The van der Waals surface area contributed by atoms with Gasteiger partial charge in [0, 0.05) is 30.8 Å². The van der Waals surface area contributed by atoms with Crippen LogP contribution in [0.15, 0.2) is 24.3 Å². The first-order chi connectivity index (χ1) is 11.6. The average molecular weight is 330 g/mol. The molecule has 1 N–H and O–H groups in total. The van der Waals surface area contributed by atoms with Crippen molar-refractivity contribution >= 4 is 23.5 Å². The Morgan fingerprint density at radius 2 is 1.71 bits per heavy atom. The van der Waals surface area contributed by atoms with Gasteiger partial charge in [-0.1, -0.05) is 0 Å². The van der Waals surface area contributed by atoms with Crippen LogP contribution in [0, 0.1) is 0 Å². The third-order valence-electron chi connectivity index (χ3n) is 4.80. The summed E-state index contributed by atoms with van der Waals surface area (Å²) in [4.78, 5) is 39.2. The molecule has 0 spiro atoms. The molecule has 0 radical (unpaired) electrons. The lowest BCUT2D eigenvalue weighted by Crippen LogP contribution is -2.48. The van der Waals surface area contributed by atoms with E-state index in [4.69, 9.17) is 0 Å². The fourth-order valence-corrected chi connectivity index (χ4v) is 3.46. The molecule has 2 fully saturated rings. The summed E-state index contributed by atoms with van der Waals surface area (Å²) in [6, 6.07) is 6.18. The molecule has 1 atom stereocenters. The first-order valence-corrected chi connectivity index (χ1v) is 8.52. The van der Waals surface area contributed by atoms with Crippen LogP contribution in [-0.2, 0) is 9.59 Å². The molecule has 0 aliphatic carbocycles. The molecule has 0 aromatic heterocycles. The Hall–Kier alpha value is -2.37. The summed E-state index contributed by atoms with van der Waals surface area (Å²) in [5.74, 6) is -1.08. The second kappa shape index (κ2) is 7.03. The summed E-state index contributed by atoms with van der Waals surface area (Å²) in [7, 11) is 0. The number of carboxylic acid groups (broad SMARTS) is 1. The number of amides is 2. The lowest BCUT2D eigenvalue weighted by atomic mass is 10.0. The zero-order valence-corrected chi connectivity index (χ0v) is 13.6. The molecule has 2 heterocycles. The molecule has 2 aliphatic rings. The highest BCUT2D eigenvalue weighted by Gasteiger charge is 2.32. The topological polar surface area (TPSA) is 77.9 Å². The Morgan fingerprint density at radius 3 is 2.38 bits per heavy atom. The van der Waals surface area contributed by atoms with E-state index in [-0.39, 0.29) is 11.8 Å². The van der Waals surface area contributed by atoms with Crippen molar-refractivity contribution in [1.29, 1.82) is 0 Å². The zero-order valence-electron chi connectivity index (χ0n) is 13.6. The first-order valence-electron chi connectivity index (χ1n) is 8.52. The summed E-state index contributed by atoms with van der Waals surface area (Å²) in [5, 5.41) is 9.31. The van der Waals surface area contributed by atoms with Gasteiger partial charge in [0.15, 0.2) is 0 Å². The van der Waals surface area contributed by atoms with Crippen molar-refractivity contribution in [2.24, 2.45) is 0 Å². The van der Waals surface area contributed by atoms with Crippen LogP contribution in [0.1, 0.15) is 48.9 Å². The molecule has 6 nitrogen and oxygen atoms in total. The molecule has 24 heavy (non-hydrogen) atoms. The lowest BCUT2D eigenvalue weighted by Gasteiger charge is -2.33. The van der Waals surface area contributed by atoms with Crippen LogP contribution in [0.5, 0.6) is 0 Å². The molecule has 6 heteroatoms. The Balaban J connectivity index is 1.76. The van der Waals surface area contributed by atoms with Gasteiger partial charge < -0.3 is 14.9 Å². The Bertz CT molecular complexity index is 641. The fraction of sp³-hybridized carbons (Fsp3) is 0.500. The van der Waals surface area contributed by atoms with Gasteiger partial charge in [-0.2, -0.15) is 0 Å². The smallest absolute Gasteiger partial charge is 0.326 e. The van der Waals surface area contributed by atoms with Gasteiger partial charge in [-0.05, 0) is 56.4 Å². The van der Waals surface area contributed by atoms with Gasteiger partial charge in [-0.25, -0.2) is 4.79 Å². The SMILES string of the molecule is O=C(O)[C@H]1CCCCN1C(=O)c1ccc(N2CCCCC2=O)cc1. The highest BCUT2D eigenvalue weighted by Crippen LogP contribution is 2.24. The van der Waals surface area contributed by atoms with Crippen molar-refractivity contribution in [3.8, 4) is 0 Å². The molecule has 0 unspecified atom stereocenters. The summed E-state index contributed by atoms with van der Waals surface area (Å²) in [5.41, 5.74) is 1.26. The number of carbonyl (C=O) groups excluding carboxylic acids is 2. The number of piperidine rings is 2. The molecule has 1 aromatic rings. The second-order valence-electron chi connectivity index (χ2n) is 6.40. The standard InChI is InChI=1S/C18H22N2O4/c21-16-6-2-4-11-19(16)14-9-7-13(8-10-14)17(22)20-12-3-1-5-15(20)18(23)24/h7-10,15H,1-6,11-12H2,(H,23,24)/t15-/m1/s1. The van der Waals surface area contributed by atoms with Crippen molar-refractivity contribution in [2.75, 3.05) is 18.0 Å². The molecule has 3 rings (SSSR count). The van der Waals surface area contributed by atoms with Gasteiger partial charge in [0.05, 0.1) is 0 Å². The van der Waals surface area contributed by atoms with Gasteiger partial charge in [0.1, 0.15) is 6.04 Å². The maximum absolute atomic E-state index is 12.6. The minimum atomic E-state index is -0.946. The number of carboxylic acids is 1. The van der Waals surface area contributed by atoms with E-state index in [2.05, 4.69) is 0 Å². The number of nitrogens with zero attached hydrogens (tertiary/aromatic N) is 2. The molecule has 2 saturated heterocycles. The summed E-state index contributed by atoms with van der Waals surface area (Å²) in [6.07, 6.45) is 4.64. The van der Waals surface area contributed by atoms with E-state index in [9.17, 15) is 19.5 Å². The van der Waals surface area contributed by atoms with Gasteiger partial charge in [0.2, 0.25) is 5.91 Å². The predicted octanol–water partition coefficient (Wildman–Crippen LogP) is 2.28. The van der Waals surface area contributed by atoms with Gasteiger partial charge >= 0.3 is 5.97 Å². The molecular weight excluding hydrogens is 308 g/mol. The van der Waals surface area contributed by atoms with Crippen molar-refractivity contribution in [3.63, 3.8) is 0 Å². The van der Waals surface area contributed by atoms with Gasteiger partial charge in [-0.3, -0.25) is 9.59 Å². The van der Waals surface area contributed by atoms with Crippen LogP contribution in [0.25, 0.3) is 0 Å². The molecule has 2 amide bonds. The van der Waals surface area contributed by atoms with Crippen LogP contribution in [0.4, 0.5) is 5.69 Å². The van der Waals surface area contributed by atoms with Crippen molar-refractivity contribution in [1.82, 2.24) is 4.90 Å². The average Bonchev–Trinajstić information content (AvgIpc) is 2.62. The number of rotatable bonds is 3. The lowest BCUT2D eigenvalue weighted by molar-refractivity contribution is -0.143. The zero-order chi connectivity index (χ0) is 17.1. The quantitative estimate of drug-likeness (QED) is 0.922. The largest absolute Gasteiger partial charge is 0.480 e. The number of anilines is 1. The van der Waals surface area contributed by atoms with Crippen LogP contribution < -0.4 is 4.90 Å².